The molecule has 1 N–H and O–H groups in total. The normalized spacial score (nSPS) is 11.7. The monoisotopic (exact) mass is 351 g/mol. The predicted octanol–water partition coefficient (Wildman–Crippen LogP) is 2.09. The summed E-state index contributed by atoms with van der Waals surface area (Å²) in [6, 6.07) is 3.82. The molecule has 0 aromatic carbocycles. The Morgan fingerprint density at radius 1 is 1.52 bits per heavy atom. The number of rotatable bonds is 5. The number of hydrogen-bond acceptors (Lipinski definition) is 3. The third-order valence-corrected chi connectivity index (χ3v) is 3.71. The molecule has 0 aliphatic carbocycles. The SMILES string of the molecule is CCn1cc(Br)c(C(C)=NNC(=O)Cc2cccn2C)n1. The van der Waals surface area contributed by atoms with Crippen LogP contribution in [0.15, 0.2) is 34.1 Å². The van der Waals surface area contributed by atoms with Crippen LogP contribution in [0.4, 0.5) is 0 Å². The summed E-state index contributed by atoms with van der Waals surface area (Å²) in [7, 11) is 1.91. The quantitative estimate of drug-likeness (QED) is 0.662. The molecule has 6 nitrogen and oxygen atoms in total. The fraction of sp³-hybridized carbons (Fsp3) is 0.357. The molecule has 2 heterocycles. The summed E-state index contributed by atoms with van der Waals surface area (Å²) in [5, 5.41) is 8.49. The maximum absolute atomic E-state index is 11.9. The Morgan fingerprint density at radius 2 is 2.29 bits per heavy atom. The van der Waals surface area contributed by atoms with Crippen LogP contribution in [0.1, 0.15) is 25.2 Å². The van der Waals surface area contributed by atoms with Gasteiger partial charge in [0, 0.05) is 31.7 Å². The Morgan fingerprint density at radius 3 is 2.86 bits per heavy atom. The van der Waals surface area contributed by atoms with Gasteiger partial charge in [-0.15, -0.1) is 0 Å². The second-order valence-corrected chi connectivity index (χ2v) is 5.56. The molecule has 112 valence electrons. The highest BCUT2D eigenvalue weighted by Crippen LogP contribution is 2.15. The van der Waals surface area contributed by atoms with Crippen LogP contribution in [0.25, 0.3) is 0 Å². The lowest BCUT2D eigenvalue weighted by Gasteiger charge is -2.03. The van der Waals surface area contributed by atoms with E-state index in [0.29, 0.717) is 12.1 Å². The van der Waals surface area contributed by atoms with Gasteiger partial charge in [-0.05, 0) is 41.9 Å². The molecule has 2 aromatic heterocycles. The Balaban J connectivity index is 2.01. The molecule has 0 fully saturated rings. The molecule has 0 unspecified atom stereocenters. The maximum atomic E-state index is 11.9. The summed E-state index contributed by atoms with van der Waals surface area (Å²) in [6.07, 6.45) is 4.09. The summed E-state index contributed by atoms with van der Waals surface area (Å²) in [5.41, 5.74) is 4.90. The molecule has 0 atom stereocenters. The minimum Gasteiger partial charge on any atom is -0.354 e. The molecule has 0 saturated carbocycles. The lowest BCUT2D eigenvalue weighted by molar-refractivity contribution is -0.120. The molecule has 2 aromatic rings. The first-order chi connectivity index (χ1) is 10.0. The van der Waals surface area contributed by atoms with E-state index in [9.17, 15) is 4.79 Å². The van der Waals surface area contributed by atoms with E-state index in [0.717, 1.165) is 22.4 Å². The van der Waals surface area contributed by atoms with E-state index in [1.807, 2.05) is 54.7 Å². The van der Waals surface area contributed by atoms with Crippen molar-refractivity contribution in [3.05, 3.63) is 40.4 Å². The van der Waals surface area contributed by atoms with Crippen LogP contribution in [-0.4, -0.2) is 26.0 Å². The van der Waals surface area contributed by atoms with E-state index in [4.69, 9.17) is 0 Å². The van der Waals surface area contributed by atoms with E-state index < -0.39 is 0 Å². The zero-order chi connectivity index (χ0) is 15.4. The van der Waals surface area contributed by atoms with Gasteiger partial charge in [-0.1, -0.05) is 0 Å². The van der Waals surface area contributed by atoms with E-state index >= 15 is 0 Å². The van der Waals surface area contributed by atoms with Gasteiger partial charge < -0.3 is 4.57 Å². The van der Waals surface area contributed by atoms with Crippen molar-refractivity contribution in [2.45, 2.75) is 26.8 Å². The molecule has 7 heteroatoms. The highest BCUT2D eigenvalue weighted by atomic mass is 79.9. The van der Waals surface area contributed by atoms with Crippen molar-refractivity contribution in [2.24, 2.45) is 12.1 Å². The summed E-state index contributed by atoms with van der Waals surface area (Å²) >= 11 is 3.44. The molecule has 0 aliphatic heterocycles. The fourth-order valence-corrected chi connectivity index (χ4v) is 2.49. The Bertz CT molecular complexity index is 671. The first-order valence-electron chi connectivity index (χ1n) is 6.68. The average Bonchev–Trinajstić information content (AvgIpc) is 3.02. The molecule has 2 rings (SSSR count). The van der Waals surface area contributed by atoms with E-state index in [-0.39, 0.29) is 5.91 Å². The molecule has 0 bridgehead atoms. The van der Waals surface area contributed by atoms with Gasteiger partial charge >= 0.3 is 0 Å². The number of carbonyl (C=O) groups excluding carboxylic acids is 1. The van der Waals surface area contributed by atoms with Crippen molar-refractivity contribution in [1.29, 1.82) is 0 Å². The lowest BCUT2D eigenvalue weighted by Crippen LogP contribution is -2.22. The zero-order valence-corrected chi connectivity index (χ0v) is 13.9. The fourth-order valence-electron chi connectivity index (χ4n) is 1.89. The molecule has 0 aliphatic rings. The zero-order valence-electron chi connectivity index (χ0n) is 12.3. The van der Waals surface area contributed by atoms with E-state index in [2.05, 4.69) is 31.6 Å². The minimum absolute atomic E-state index is 0.151. The number of aryl methyl sites for hydroxylation is 2. The van der Waals surface area contributed by atoms with Gasteiger partial charge in [-0.25, -0.2) is 5.43 Å². The number of amides is 1. The van der Waals surface area contributed by atoms with Crippen LogP contribution in [-0.2, 0) is 24.8 Å². The van der Waals surface area contributed by atoms with Gasteiger partial charge in [-0.2, -0.15) is 10.2 Å². The molecule has 0 radical (unpaired) electrons. The van der Waals surface area contributed by atoms with Crippen molar-refractivity contribution in [2.75, 3.05) is 0 Å². The van der Waals surface area contributed by atoms with Gasteiger partial charge in [0.2, 0.25) is 5.91 Å². The predicted molar refractivity (Wildman–Crippen MR) is 85.1 cm³/mol. The van der Waals surface area contributed by atoms with Crippen LogP contribution in [0, 0.1) is 0 Å². The molecule has 21 heavy (non-hydrogen) atoms. The van der Waals surface area contributed by atoms with Gasteiger partial charge in [0.15, 0.2) is 0 Å². The van der Waals surface area contributed by atoms with Crippen LogP contribution >= 0.6 is 15.9 Å². The number of hydrogen-bond donors (Lipinski definition) is 1. The second-order valence-electron chi connectivity index (χ2n) is 4.70. The summed E-state index contributed by atoms with van der Waals surface area (Å²) in [5.74, 6) is -0.151. The first kappa shape index (κ1) is 15.5. The number of nitrogens with one attached hydrogen (secondary N) is 1. The van der Waals surface area contributed by atoms with Crippen molar-refractivity contribution in [1.82, 2.24) is 19.8 Å². The number of aromatic nitrogens is 3. The minimum atomic E-state index is -0.151. The highest BCUT2D eigenvalue weighted by Gasteiger charge is 2.10. The van der Waals surface area contributed by atoms with Crippen LogP contribution in [0.3, 0.4) is 0 Å². The van der Waals surface area contributed by atoms with Gasteiger partial charge in [0.05, 0.1) is 16.6 Å². The second kappa shape index (κ2) is 6.71. The Labute approximate surface area is 132 Å². The van der Waals surface area contributed by atoms with Crippen molar-refractivity contribution < 1.29 is 4.79 Å². The van der Waals surface area contributed by atoms with E-state index in [1.54, 1.807) is 0 Å². The van der Waals surface area contributed by atoms with Crippen molar-refractivity contribution in [3.63, 3.8) is 0 Å². The topological polar surface area (TPSA) is 64.2 Å². The lowest BCUT2D eigenvalue weighted by atomic mass is 10.3. The Hall–Kier alpha value is -1.89. The van der Waals surface area contributed by atoms with E-state index in [1.165, 1.54) is 0 Å². The van der Waals surface area contributed by atoms with Crippen molar-refractivity contribution in [3.8, 4) is 0 Å². The standard InChI is InChI=1S/C14H18BrN5O/c1-4-20-9-12(15)14(18-20)10(2)16-17-13(21)8-11-6-5-7-19(11)3/h5-7,9H,4,8H2,1-3H3,(H,17,21). The summed E-state index contributed by atoms with van der Waals surface area (Å²) in [4.78, 5) is 11.9. The van der Waals surface area contributed by atoms with Crippen molar-refractivity contribution >= 4 is 27.5 Å². The number of nitrogens with zero attached hydrogens (tertiary/aromatic N) is 4. The largest absolute Gasteiger partial charge is 0.354 e. The highest BCUT2D eigenvalue weighted by molar-refractivity contribution is 9.10. The molecular weight excluding hydrogens is 334 g/mol. The smallest absolute Gasteiger partial charge is 0.246 e. The molecule has 1 amide bonds. The number of carbonyl (C=O) groups is 1. The molecule has 0 saturated heterocycles. The number of hydrazone groups is 1. The van der Waals surface area contributed by atoms with Crippen LogP contribution in [0.2, 0.25) is 0 Å². The number of halogens is 1. The van der Waals surface area contributed by atoms with Gasteiger partial charge in [0.1, 0.15) is 5.69 Å². The first-order valence-corrected chi connectivity index (χ1v) is 7.47. The van der Waals surface area contributed by atoms with Gasteiger partial charge in [-0.3, -0.25) is 9.48 Å². The third-order valence-electron chi connectivity index (χ3n) is 3.13. The molecule has 0 spiro atoms. The summed E-state index contributed by atoms with van der Waals surface area (Å²) < 4.78 is 4.59. The maximum Gasteiger partial charge on any atom is 0.246 e. The van der Waals surface area contributed by atoms with Crippen LogP contribution in [0.5, 0.6) is 0 Å². The van der Waals surface area contributed by atoms with Crippen LogP contribution < -0.4 is 5.43 Å². The third kappa shape index (κ3) is 3.81. The Kier molecular flexibility index (Phi) is 4.95. The van der Waals surface area contributed by atoms with Gasteiger partial charge in [0.25, 0.3) is 0 Å². The molecular formula is C14H18BrN5O. The summed E-state index contributed by atoms with van der Waals surface area (Å²) in [6.45, 7) is 4.61. The average molecular weight is 352 g/mol.